The average Bonchev–Trinajstić information content (AvgIpc) is 2.29. The van der Waals surface area contributed by atoms with Crippen molar-refractivity contribution in [3.63, 3.8) is 0 Å². The molecule has 0 spiro atoms. The highest BCUT2D eigenvalue weighted by Gasteiger charge is 2.29. The van der Waals surface area contributed by atoms with Gasteiger partial charge in [-0.05, 0) is 25.7 Å². The maximum absolute atomic E-state index is 5.99. The molecule has 2 aliphatic rings. The maximum atomic E-state index is 5.99. The van der Waals surface area contributed by atoms with Crippen LogP contribution in [0.25, 0.3) is 0 Å². The maximum Gasteiger partial charge on any atom is 0.158 e. The smallest absolute Gasteiger partial charge is 0.158 e. The van der Waals surface area contributed by atoms with Gasteiger partial charge in [0.2, 0.25) is 0 Å². The third-order valence-electron chi connectivity index (χ3n) is 4.03. The molecular weight excluding hydrogens is 200 g/mol. The number of ether oxygens (including phenoxy) is 2. The van der Waals surface area contributed by atoms with Crippen LogP contribution in [0.2, 0.25) is 0 Å². The average molecular weight is 226 g/mol. The van der Waals surface area contributed by atoms with E-state index >= 15 is 0 Å². The Labute approximate surface area is 99.7 Å². The molecule has 2 nitrogen and oxygen atoms in total. The molecule has 0 radical (unpaired) electrons. The molecule has 1 saturated heterocycles. The normalized spacial score (nSPS) is 37.5. The molecule has 2 rings (SSSR count). The molecule has 3 unspecified atom stereocenters. The lowest BCUT2D eigenvalue weighted by Gasteiger charge is -2.36. The van der Waals surface area contributed by atoms with Gasteiger partial charge in [0, 0.05) is 6.42 Å². The van der Waals surface area contributed by atoms with Crippen LogP contribution in [0.1, 0.15) is 65.2 Å². The van der Waals surface area contributed by atoms with E-state index in [1.54, 1.807) is 0 Å². The van der Waals surface area contributed by atoms with Crippen LogP contribution in [0.15, 0.2) is 0 Å². The van der Waals surface area contributed by atoms with Gasteiger partial charge in [-0.1, -0.05) is 39.0 Å². The summed E-state index contributed by atoms with van der Waals surface area (Å²) in [4.78, 5) is 0. The van der Waals surface area contributed by atoms with Gasteiger partial charge in [-0.3, -0.25) is 0 Å². The highest BCUT2D eigenvalue weighted by molar-refractivity contribution is 4.73. The Morgan fingerprint density at radius 1 is 1.06 bits per heavy atom. The van der Waals surface area contributed by atoms with Crippen molar-refractivity contribution in [1.29, 1.82) is 0 Å². The molecule has 94 valence electrons. The second kappa shape index (κ2) is 6.02. The molecule has 0 aromatic rings. The van der Waals surface area contributed by atoms with E-state index < -0.39 is 0 Å². The minimum atomic E-state index is 0.0804. The summed E-state index contributed by atoms with van der Waals surface area (Å²) in [6, 6.07) is 0. The Balaban J connectivity index is 1.78. The molecule has 1 saturated carbocycles. The van der Waals surface area contributed by atoms with Crippen molar-refractivity contribution in [1.82, 2.24) is 0 Å². The second-order valence-electron chi connectivity index (χ2n) is 5.52. The van der Waals surface area contributed by atoms with Gasteiger partial charge >= 0.3 is 0 Å². The van der Waals surface area contributed by atoms with E-state index in [1.165, 1.54) is 32.1 Å². The Kier molecular flexibility index (Phi) is 4.66. The van der Waals surface area contributed by atoms with Gasteiger partial charge in [-0.15, -0.1) is 0 Å². The summed E-state index contributed by atoms with van der Waals surface area (Å²) in [5.74, 6) is 0.849. The van der Waals surface area contributed by atoms with E-state index in [1.807, 2.05) is 0 Å². The van der Waals surface area contributed by atoms with E-state index in [9.17, 15) is 0 Å². The fourth-order valence-electron chi connectivity index (χ4n) is 3.06. The quantitative estimate of drug-likeness (QED) is 0.727. The molecule has 1 heterocycles. The standard InChI is InChI=1S/C14H26O2/c1-3-13-9-11(2)15-14(16-13)10-12-7-5-4-6-8-12/h11-14H,3-10H2,1-2H3. The monoisotopic (exact) mass is 226 g/mol. The van der Waals surface area contributed by atoms with Gasteiger partial charge < -0.3 is 9.47 Å². The Hall–Kier alpha value is -0.0800. The molecule has 0 bridgehead atoms. The number of hydrogen-bond acceptors (Lipinski definition) is 2. The van der Waals surface area contributed by atoms with Crippen molar-refractivity contribution in [2.24, 2.45) is 5.92 Å². The van der Waals surface area contributed by atoms with Crippen molar-refractivity contribution >= 4 is 0 Å². The van der Waals surface area contributed by atoms with Crippen LogP contribution in [0.4, 0.5) is 0 Å². The van der Waals surface area contributed by atoms with E-state index in [4.69, 9.17) is 9.47 Å². The molecule has 0 aromatic carbocycles. The van der Waals surface area contributed by atoms with Crippen molar-refractivity contribution in [2.45, 2.75) is 83.7 Å². The Morgan fingerprint density at radius 2 is 1.81 bits per heavy atom. The van der Waals surface area contributed by atoms with Gasteiger partial charge in [-0.25, -0.2) is 0 Å². The topological polar surface area (TPSA) is 18.5 Å². The van der Waals surface area contributed by atoms with Crippen molar-refractivity contribution < 1.29 is 9.47 Å². The minimum absolute atomic E-state index is 0.0804. The second-order valence-corrected chi connectivity index (χ2v) is 5.52. The molecule has 2 fully saturated rings. The first-order chi connectivity index (χ1) is 7.78. The fraction of sp³-hybridized carbons (Fsp3) is 1.00. The summed E-state index contributed by atoms with van der Waals surface area (Å²) in [7, 11) is 0. The van der Waals surface area contributed by atoms with Crippen molar-refractivity contribution in [3.05, 3.63) is 0 Å². The van der Waals surface area contributed by atoms with Gasteiger partial charge in [-0.2, -0.15) is 0 Å². The summed E-state index contributed by atoms with van der Waals surface area (Å²) in [5, 5.41) is 0. The molecule has 1 aliphatic heterocycles. The molecule has 1 aliphatic carbocycles. The molecule has 16 heavy (non-hydrogen) atoms. The predicted molar refractivity (Wildman–Crippen MR) is 65.3 cm³/mol. The van der Waals surface area contributed by atoms with Gasteiger partial charge in [0.1, 0.15) is 0 Å². The van der Waals surface area contributed by atoms with Crippen LogP contribution in [0.3, 0.4) is 0 Å². The molecular formula is C14H26O2. The highest BCUT2D eigenvalue weighted by atomic mass is 16.7. The van der Waals surface area contributed by atoms with Crippen molar-refractivity contribution in [3.8, 4) is 0 Å². The molecule has 0 N–H and O–H groups in total. The van der Waals surface area contributed by atoms with Crippen LogP contribution in [0, 0.1) is 5.92 Å². The third-order valence-corrected chi connectivity index (χ3v) is 4.03. The highest BCUT2D eigenvalue weighted by Crippen LogP contribution is 2.31. The first-order valence-corrected chi connectivity index (χ1v) is 7.09. The van der Waals surface area contributed by atoms with Crippen LogP contribution in [0.5, 0.6) is 0 Å². The first-order valence-electron chi connectivity index (χ1n) is 7.09. The lowest BCUT2D eigenvalue weighted by molar-refractivity contribution is -0.245. The third kappa shape index (κ3) is 3.46. The van der Waals surface area contributed by atoms with Gasteiger partial charge in [0.05, 0.1) is 12.2 Å². The van der Waals surface area contributed by atoms with E-state index in [0.29, 0.717) is 12.2 Å². The Morgan fingerprint density at radius 3 is 2.50 bits per heavy atom. The van der Waals surface area contributed by atoms with Crippen LogP contribution in [-0.2, 0) is 9.47 Å². The zero-order valence-corrected chi connectivity index (χ0v) is 10.8. The summed E-state index contributed by atoms with van der Waals surface area (Å²) < 4.78 is 11.9. The first kappa shape index (κ1) is 12.4. The largest absolute Gasteiger partial charge is 0.350 e. The fourth-order valence-corrected chi connectivity index (χ4v) is 3.06. The predicted octanol–water partition coefficient (Wildman–Crippen LogP) is 3.89. The van der Waals surface area contributed by atoms with Crippen LogP contribution < -0.4 is 0 Å². The zero-order valence-electron chi connectivity index (χ0n) is 10.8. The van der Waals surface area contributed by atoms with Crippen molar-refractivity contribution in [2.75, 3.05) is 0 Å². The molecule has 2 heteroatoms. The summed E-state index contributed by atoms with van der Waals surface area (Å²) >= 11 is 0. The van der Waals surface area contributed by atoms with Gasteiger partial charge in [0.15, 0.2) is 6.29 Å². The summed E-state index contributed by atoms with van der Waals surface area (Å²) in [6.45, 7) is 4.39. The number of rotatable bonds is 3. The lowest BCUT2D eigenvalue weighted by atomic mass is 9.86. The zero-order chi connectivity index (χ0) is 11.4. The minimum Gasteiger partial charge on any atom is -0.350 e. The van der Waals surface area contributed by atoms with E-state index in [2.05, 4.69) is 13.8 Å². The lowest BCUT2D eigenvalue weighted by Crippen LogP contribution is -2.37. The van der Waals surface area contributed by atoms with Crippen LogP contribution >= 0.6 is 0 Å². The molecule has 0 aromatic heterocycles. The summed E-state index contributed by atoms with van der Waals surface area (Å²) in [6.07, 6.45) is 11.2. The molecule has 3 atom stereocenters. The molecule has 0 amide bonds. The SMILES string of the molecule is CCC1CC(C)OC(CC2CCCCC2)O1. The van der Waals surface area contributed by atoms with Crippen LogP contribution in [-0.4, -0.2) is 18.5 Å². The van der Waals surface area contributed by atoms with E-state index in [-0.39, 0.29) is 6.29 Å². The Bertz CT molecular complexity index is 199. The summed E-state index contributed by atoms with van der Waals surface area (Å²) in [5.41, 5.74) is 0. The number of hydrogen-bond donors (Lipinski definition) is 0. The van der Waals surface area contributed by atoms with E-state index in [0.717, 1.165) is 25.2 Å². The van der Waals surface area contributed by atoms with Gasteiger partial charge in [0.25, 0.3) is 0 Å².